The zero-order chi connectivity index (χ0) is 13.7. The van der Waals surface area contributed by atoms with Crippen LogP contribution in [0.2, 0.25) is 0 Å². The maximum atomic E-state index is 10.8. The molecule has 0 aliphatic heterocycles. The van der Waals surface area contributed by atoms with Crippen LogP contribution >= 0.6 is 11.3 Å². The molecular weight excluding hydrogens is 262 g/mol. The molecular formula is C14H21NO3S. The van der Waals surface area contributed by atoms with Crippen molar-refractivity contribution in [3.05, 3.63) is 21.9 Å². The fourth-order valence-corrected chi connectivity index (χ4v) is 3.39. The Kier molecular flexibility index (Phi) is 4.96. The van der Waals surface area contributed by atoms with Gasteiger partial charge >= 0.3 is 5.97 Å². The van der Waals surface area contributed by atoms with Gasteiger partial charge in [-0.2, -0.15) is 0 Å². The zero-order valence-corrected chi connectivity index (χ0v) is 11.8. The van der Waals surface area contributed by atoms with Crippen LogP contribution in [0.4, 0.5) is 0 Å². The van der Waals surface area contributed by atoms with Gasteiger partial charge < -0.3 is 15.5 Å². The highest BCUT2D eigenvalue weighted by atomic mass is 32.1. The van der Waals surface area contributed by atoms with Crippen LogP contribution in [-0.4, -0.2) is 28.3 Å². The van der Waals surface area contributed by atoms with Crippen LogP contribution in [0.25, 0.3) is 0 Å². The van der Waals surface area contributed by atoms with E-state index in [2.05, 4.69) is 5.32 Å². The number of aliphatic hydroxyl groups is 1. The van der Waals surface area contributed by atoms with Crippen LogP contribution in [0, 0.1) is 0 Å². The van der Waals surface area contributed by atoms with Gasteiger partial charge in [-0.25, -0.2) is 4.79 Å². The smallest absolute Gasteiger partial charge is 0.336 e. The van der Waals surface area contributed by atoms with Gasteiger partial charge in [0.2, 0.25) is 0 Å². The van der Waals surface area contributed by atoms with E-state index in [4.69, 9.17) is 5.11 Å². The third-order valence-electron chi connectivity index (χ3n) is 3.69. The molecule has 0 bridgehead atoms. The van der Waals surface area contributed by atoms with Gasteiger partial charge in [-0.3, -0.25) is 0 Å². The van der Waals surface area contributed by atoms with Crippen molar-refractivity contribution in [3.63, 3.8) is 0 Å². The Morgan fingerprint density at radius 3 is 2.58 bits per heavy atom. The SMILES string of the molecule is O=C(O)c1csc(CNCC2(O)CCCCCC2)c1. The van der Waals surface area contributed by atoms with Gasteiger partial charge in [0.25, 0.3) is 0 Å². The molecule has 0 spiro atoms. The first-order valence-electron chi connectivity index (χ1n) is 6.83. The molecule has 106 valence electrons. The average Bonchev–Trinajstić information content (AvgIpc) is 2.73. The van der Waals surface area contributed by atoms with Gasteiger partial charge in [-0.1, -0.05) is 25.7 Å². The van der Waals surface area contributed by atoms with Crippen molar-refractivity contribution in [2.24, 2.45) is 0 Å². The maximum absolute atomic E-state index is 10.8. The van der Waals surface area contributed by atoms with E-state index in [0.29, 0.717) is 18.7 Å². The fourth-order valence-electron chi connectivity index (χ4n) is 2.57. The van der Waals surface area contributed by atoms with E-state index in [0.717, 1.165) is 30.6 Å². The minimum Gasteiger partial charge on any atom is -0.478 e. The highest BCUT2D eigenvalue weighted by Gasteiger charge is 2.27. The second-order valence-electron chi connectivity index (χ2n) is 5.35. The van der Waals surface area contributed by atoms with E-state index in [-0.39, 0.29) is 0 Å². The topological polar surface area (TPSA) is 69.6 Å². The van der Waals surface area contributed by atoms with Gasteiger partial charge in [0, 0.05) is 23.3 Å². The summed E-state index contributed by atoms with van der Waals surface area (Å²) in [4.78, 5) is 11.8. The number of carbonyl (C=O) groups is 1. The molecule has 0 aromatic carbocycles. The Balaban J connectivity index is 1.80. The summed E-state index contributed by atoms with van der Waals surface area (Å²) in [6, 6.07) is 1.69. The number of hydrogen-bond donors (Lipinski definition) is 3. The lowest BCUT2D eigenvalue weighted by molar-refractivity contribution is 0.0251. The number of carboxylic acids is 1. The van der Waals surface area contributed by atoms with Crippen LogP contribution in [0.5, 0.6) is 0 Å². The molecule has 1 aliphatic rings. The molecule has 1 aromatic heterocycles. The summed E-state index contributed by atoms with van der Waals surface area (Å²) in [5.41, 5.74) is -0.237. The van der Waals surface area contributed by atoms with Gasteiger partial charge in [0.05, 0.1) is 11.2 Å². The van der Waals surface area contributed by atoms with E-state index in [9.17, 15) is 9.90 Å². The van der Waals surface area contributed by atoms with Crippen LogP contribution in [0.3, 0.4) is 0 Å². The molecule has 0 unspecified atom stereocenters. The third kappa shape index (κ3) is 4.30. The molecule has 0 amide bonds. The van der Waals surface area contributed by atoms with Crippen molar-refractivity contribution in [1.29, 1.82) is 0 Å². The molecule has 0 saturated heterocycles. The van der Waals surface area contributed by atoms with Gasteiger partial charge in [-0.05, 0) is 18.9 Å². The zero-order valence-electron chi connectivity index (χ0n) is 11.0. The molecule has 1 fully saturated rings. The van der Waals surface area contributed by atoms with E-state index in [1.54, 1.807) is 11.4 Å². The number of nitrogens with one attached hydrogen (secondary N) is 1. The molecule has 1 aromatic rings. The Labute approximate surface area is 117 Å². The monoisotopic (exact) mass is 283 g/mol. The van der Waals surface area contributed by atoms with Crippen molar-refractivity contribution in [3.8, 4) is 0 Å². The lowest BCUT2D eigenvalue weighted by Crippen LogP contribution is -2.39. The van der Waals surface area contributed by atoms with Crippen LogP contribution < -0.4 is 5.32 Å². The summed E-state index contributed by atoms with van der Waals surface area (Å²) in [7, 11) is 0. The minimum atomic E-state index is -0.884. The molecule has 0 atom stereocenters. The van der Waals surface area contributed by atoms with Crippen LogP contribution in [0.1, 0.15) is 53.8 Å². The normalized spacial score (nSPS) is 19.0. The summed E-state index contributed by atoms with van der Waals surface area (Å²) >= 11 is 1.44. The van der Waals surface area contributed by atoms with Gasteiger partial charge in [0.1, 0.15) is 0 Å². The molecule has 5 heteroatoms. The van der Waals surface area contributed by atoms with E-state index in [1.807, 2.05) is 0 Å². The lowest BCUT2D eigenvalue weighted by atomic mass is 9.94. The van der Waals surface area contributed by atoms with Crippen molar-refractivity contribution >= 4 is 17.3 Å². The fraction of sp³-hybridized carbons (Fsp3) is 0.643. The minimum absolute atomic E-state index is 0.343. The first-order chi connectivity index (χ1) is 9.09. The van der Waals surface area contributed by atoms with Crippen LogP contribution in [0.15, 0.2) is 11.4 Å². The lowest BCUT2D eigenvalue weighted by Gasteiger charge is -2.26. The molecule has 1 heterocycles. The molecule has 0 radical (unpaired) electrons. The number of aromatic carboxylic acids is 1. The Bertz CT molecular complexity index is 422. The summed E-state index contributed by atoms with van der Waals surface area (Å²) < 4.78 is 0. The molecule has 2 rings (SSSR count). The Morgan fingerprint density at radius 1 is 1.32 bits per heavy atom. The standard InChI is InChI=1S/C14H21NO3S/c16-13(17)11-7-12(19-9-11)8-15-10-14(18)5-3-1-2-4-6-14/h7,9,15,18H,1-6,8,10H2,(H,16,17). The average molecular weight is 283 g/mol. The van der Waals surface area contributed by atoms with Crippen molar-refractivity contribution < 1.29 is 15.0 Å². The number of rotatable bonds is 5. The largest absolute Gasteiger partial charge is 0.478 e. The predicted octanol–water partition coefficient (Wildman–Crippen LogP) is 2.62. The van der Waals surface area contributed by atoms with Crippen molar-refractivity contribution in [1.82, 2.24) is 5.32 Å². The summed E-state index contributed by atoms with van der Waals surface area (Å²) in [6.45, 7) is 1.22. The summed E-state index contributed by atoms with van der Waals surface area (Å²) in [6.07, 6.45) is 6.36. The van der Waals surface area contributed by atoms with Crippen LogP contribution in [-0.2, 0) is 6.54 Å². The molecule has 19 heavy (non-hydrogen) atoms. The first kappa shape index (κ1) is 14.5. The summed E-state index contributed by atoms with van der Waals surface area (Å²) in [5.74, 6) is -0.884. The second kappa shape index (κ2) is 6.50. The molecule has 1 aliphatic carbocycles. The van der Waals surface area contributed by atoms with Crippen molar-refractivity contribution in [2.45, 2.75) is 50.7 Å². The highest BCUT2D eigenvalue weighted by molar-refractivity contribution is 7.10. The quantitative estimate of drug-likeness (QED) is 0.727. The van der Waals surface area contributed by atoms with E-state index in [1.165, 1.54) is 24.2 Å². The van der Waals surface area contributed by atoms with Crippen molar-refractivity contribution in [2.75, 3.05) is 6.54 Å². The number of hydrogen-bond acceptors (Lipinski definition) is 4. The summed E-state index contributed by atoms with van der Waals surface area (Å²) in [5, 5.41) is 24.2. The van der Waals surface area contributed by atoms with Gasteiger partial charge in [-0.15, -0.1) is 11.3 Å². The van der Waals surface area contributed by atoms with E-state index >= 15 is 0 Å². The molecule has 4 nitrogen and oxygen atoms in total. The number of carboxylic acid groups (broad SMARTS) is 1. The second-order valence-corrected chi connectivity index (χ2v) is 6.34. The highest BCUT2D eigenvalue weighted by Crippen LogP contribution is 2.26. The van der Waals surface area contributed by atoms with E-state index < -0.39 is 11.6 Å². The molecule has 3 N–H and O–H groups in total. The predicted molar refractivity (Wildman–Crippen MR) is 75.6 cm³/mol. The Hall–Kier alpha value is -0.910. The Morgan fingerprint density at radius 2 is 2.00 bits per heavy atom. The first-order valence-corrected chi connectivity index (χ1v) is 7.71. The van der Waals surface area contributed by atoms with Gasteiger partial charge in [0.15, 0.2) is 0 Å². The maximum Gasteiger partial charge on any atom is 0.336 e. The number of thiophene rings is 1. The molecule has 1 saturated carbocycles. The third-order valence-corrected chi connectivity index (χ3v) is 4.62.